The van der Waals surface area contributed by atoms with Crippen LogP contribution in [0.25, 0.3) is 0 Å². The maximum atomic E-state index is 12.0. The third-order valence-corrected chi connectivity index (χ3v) is 3.16. The van der Waals surface area contributed by atoms with E-state index in [9.17, 15) is 4.79 Å². The number of rotatable bonds is 2. The zero-order valence-corrected chi connectivity index (χ0v) is 10.6. The second kappa shape index (κ2) is 4.97. The molecule has 1 unspecified atom stereocenters. The van der Waals surface area contributed by atoms with Crippen molar-refractivity contribution in [3.63, 3.8) is 0 Å². The Balaban J connectivity index is 2.04. The average molecular weight is 289 g/mol. The normalized spacial score (nSPS) is 21.1. The van der Waals surface area contributed by atoms with Crippen molar-refractivity contribution < 1.29 is 14.1 Å². The van der Waals surface area contributed by atoms with Crippen LogP contribution in [0.1, 0.15) is 16.2 Å². The number of amides is 1. The summed E-state index contributed by atoms with van der Waals surface area (Å²) in [5, 5.41) is 4.44. The van der Waals surface area contributed by atoms with Crippen molar-refractivity contribution in [1.29, 1.82) is 0 Å². The number of nitrogens with zero attached hydrogens (tertiary/aromatic N) is 2. The van der Waals surface area contributed by atoms with E-state index in [1.54, 1.807) is 17.9 Å². The van der Waals surface area contributed by atoms with Crippen molar-refractivity contribution in [2.45, 2.75) is 13.0 Å². The number of halogens is 1. The van der Waals surface area contributed by atoms with Crippen LogP contribution in [0, 0.1) is 6.92 Å². The largest absolute Gasteiger partial charge is 0.374 e. The molecule has 16 heavy (non-hydrogen) atoms. The molecule has 0 aliphatic carbocycles. The van der Waals surface area contributed by atoms with Gasteiger partial charge in [0, 0.05) is 24.5 Å². The van der Waals surface area contributed by atoms with Gasteiger partial charge in [-0.1, -0.05) is 21.1 Å². The zero-order valence-electron chi connectivity index (χ0n) is 8.98. The van der Waals surface area contributed by atoms with Gasteiger partial charge in [-0.25, -0.2) is 0 Å². The lowest BCUT2D eigenvalue weighted by Gasteiger charge is -2.31. The molecule has 1 aromatic rings. The van der Waals surface area contributed by atoms with Crippen LogP contribution in [-0.2, 0) is 4.74 Å². The number of hydrogen-bond donors (Lipinski definition) is 0. The van der Waals surface area contributed by atoms with Crippen LogP contribution in [0.4, 0.5) is 0 Å². The first-order valence-corrected chi connectivity index (χ1v) is 6.23. The summed E-state index contributed by atoms with van der Waals surface area (Å²) in [7, 11) is 0. The predicted molar refractivity (Wildman–Crippen MR) is 60.7 cm³/mol. The number of hydrogen-bond acceptors (Lipinski definition) is 4. The number of morpholine rings is 1. The summed E-state index contributed by atoms with van der Waals surface area (Å²) in [5.74, 6) is 0.183. The van der Waals surface area contributed by atoms with Gasteiger partial charge in [-0.05, 0) is 6.92 Å². The molecule has 1 atom stereocenters. The van der Waals surface area contributed by atoms with E-state index in [2.05, 4.69) is 21.1 Å². The van der Waals surface area contributed by atoms with Gasteiger partial charge in [0.05, 0.1) is 18.4 Å². The Morgan fingerprint density at radius 1 is 1.75 bits per heavy atom. The van der Waals surface area contributed by atoms with Crippen LogP contribution in [-0.4, -0.2) is 47.1 Å². The fraction of sp³-hybridized carbons (Fsp3) is 0.600. The minimum absolute atomic E-state index is 0.0571. The van der Waals surface area contributed by atoms with Gasteiger partial charge >= 0.3 is 0 Å². The molecule has 6 heteroatoms. The summed E-state index contributed by atoms with van der Waals surface area (Å²) in [5.41, 5.74) is 0.716. The molecule has 1 saturated heterocycles. The molecule has 1 aliphatic heterocycles. The number of carbonyl (C=O) groups is 1. The van der Waals surface area contributed by atoms with Crippen molar-refractivity contribution in [2.75, 3.05) is 25.0 Å². The molecular formula is C10H13BrN2O3. The monoisotopic (exact) mass is 288 g/mol. The van der Waals surface area contributed by atoms with E-state index in [4.69, 9.17) is 9.26 Å². The van der Waals surface area contributed by atoms with Gasteiger partial charge < -0.3 is 14.2 Å². The van der Waals surface area contributed by atoms with Gasteiger partial charge in [-0.2, -0.15) is 0 Å². The second-order valence-corrected chi connectivity index (χ2v) is 4.38. The van der Waals surface area contributed by atoms with E-state index in [0.29, 0.717) is 31.2 Å². The minimum Gasteiger partial charge on any atom is -0.374 e. The Kier molecular flexibility index (Phi) is 3.60. The van der Waals surface area contributed by atoms with E-state index < -0.39 is 0 Å². The maximum absolute atomic E-state index is 12.0. The van der Waals surface area contributed by atoms with Crippen molar-refractivity contribution in [2.24, 2.45) is 0 Å². The smallest absolute Gasteiger partial charge is 0.292 e. The number of ether oxygens (including phenoxy) is 1. The molecule has 1 aliphatic rings. The molecule has 0 spiro atoms. The van der Waals surface area contributed by atoms with E-state index in [0.717, 1.165) is 5.33 Å². The first-order valence-electron chi connectivity index (χ1n) is 5.11. The average Bonchev–Trinajstić information content (AvgIpc) is 2.75. The summed E-state index contributed by atoms with van der Waals surface area (Å²) in [6.07, 6.45) is 0.0571. The number of carbonyl (C=O) groups excluding carboxylic acids is 1. The van der Waals surface area contributed by atoms with Gasteiger partial charge in [0.2, 0.25) is 5.76 Å². The molecule has 0 N–H and O–H groups in total. The molecule has 2 heterocycles. The lowest BCUT2D eigenvalue weighted by Crippen LogP contribution is -2.46. The predicted octanol–water partition coefficient (Wildman–Crippen LogP) is 1.22. The van der Waals surface area contributed by atoms with Gasteiger partial charge in [-0.15, -0.1) is 0 Å². The Bertz CT molecular complexity index is 380. The number of alkyl halides is 1. The van der Waals surface area contributed by atoms with E-state index in [1.807, 2.05) is 0 Å². The highest BCUT2D eigenvalue weighted by Crippen LogP contribution is 2.12. The molecule has 1 aromatic heterocycles. The Hall–Kier alpha value is -0.880. The number of aromatic nitrogens is 1. The summed E-state index contributed by atoms with van der Waals surface area (Å²) >= 11 is 3.35. The molecule has 0 saturated carbocycles. The Morgan fingerprint density at radius 3 is 3.19 bits per heavy atom. The first kappa shape index (κ1) is 11.6. The minimum atomic E-state index is -0.116. The van der Waals surface area contributed by atoms with Crippen LogP contribution in [0.2, 0.25) is 0 Å². The van der Waals surface area contributed by atoms with E-state index >= 15 is 0 Å². The standard InChI is InChI=1S/C10H13BrN2O3/c1-7-4-9(16-12-7)10(14)13-2-3-15-8(5-11)6-13/h4,8H,2-3,5-6H2,1H3. The molecule has 0 bridgehead atoms. The quantitative estimate of drug-likeness (QED) is 0.768. The SMILES string of the molecule is Cc1cc(C(=O)N2CCOC(CBr)C2)on1. The molecule has 5 nitrogen and oxygen atoms in total. The van der Waals surface area contributed by atoms with Crippen LogP contribution in [0.5, 0.6) is 0 Å². The summed E-state index contributed by atoms with van der Waals surface area (Å²) < 4.78 is 10.4. The lowest BCUT2D eigenvalue weighted by molar-refractivity contribution is -0.0110. The Morgan fingerprint density at radius 2 is 2.56 bits per heavy atom. The fourth-order valence-corrected chi connectivity index (χ4v) is 2.01. The summed E-state index contributed by atoms with van der Waals surface area (Å²) in [6.45, 7) is 3.54. The third kappa shape index (κ3) is 2.44. The highest BCUT2D eigenvalue weighted by atomic mass is 79.9. The van der Waals surface area contributed by atoms with Crippen LogP contribution in [0.3, 0.4) is 0 Å². The van der Waals surface area contributed by atoms with Crippen molar-refractivity contribution >= 4 is 21.8 Å². The van der Waals surface area contributed by atoms with Crippen molar-refractivity contribution in [1.82, 2.24) is 10.1 Å². The molecule has 0 aromatic carbocycles. The van der Waals surface area contributed by atoms with Crippen LogP contribution >= 0.6 is 15.9 Å². The molecule has 88 valence electrons. The summed E-state index contributed by atoms with van der Waals surface area (Å²) in [6, 6.07) is 1.65. The number of aryl methyl sites for hydroxylation is 1. The summed E-state index contributed by atoms with van der Waals surface area (Å²) in [4.78, 5) is 13.7. The van der Waals surface area contributed by atoms with E-state index in [-0.39, 0.29) is 12.0 Å². The first-order chi connectivity index (χ1) is 7.70. The van der Waals surface area contributed by atoms with Gasteiger partial charge in [0.15, 0.2) is 0 Å². The van der Waals surface area contributed by atoms with Gasteiger partial charge in [0.25, 0.3) is 5.91 Å². The molecule has 1 fully saturated rings. The lowest BCUT2D eigenvalue weighted by atomic mass is 10.2. The zero-order chi connectivity index (χ0) is 11.5. The van der Waals surface area contributed by atoms with Gasteiger partial charge in [-0.3, -0.25) is 4.79 Å². The molecular weight excluding hydrogens is 276 g/mol. The molecule has 0 radical (unpaired) electrons. The van der Waals surface area contributed by atoms with Crippen LogP contribution in [0.15, 0.2) is 10.6 Å². The highest BCUT2D eigenvalue weighted by molar-refractivity contribution is 9.09. The highest BCUT2D eigenvalue weighted by Gasteiger charge is 2.26. The van der Waals surface area contributed by atoms with Crippen molar-refractivity contribution in [3.05, 3.63) is 17.5 Å². The topological polar surface area (TPSA) is 55.6 Å². The third-order valence-electron chi connectivity index (χ3n) is 2.44. The van der Waals surface area contributed by atoms with Gasteiger partial charge in [0.1, 0.15) is 0 Å². The second-order valence-electron chi connectivity index (χ2n) is 3.73. The maximum Gasteiger partial charge on any atom is 0.292 e. The Labute approximate surface area is 102 Å². The van der Waals surface area contributed by atoms with Crippen molar-refractivity contribution in [3.8, 4) is 0 Å². The molecule has 2 rings (SSSR count). The fourth-order valence-electron chi connectivity index (χ4n) is 1.62. The molecule has 1 amide bonds. The van der Waals surface area contributed by atoms with Crippen LogP contribution < -0.4 is 0 Å². The van der Waals surface area contributed by atoms with E-state index in [1.165, 1.54) is 0 Å².